The smallest absolute Gasteiger partial charge is 0.283 e. The number of hydrogen-bond donors (Lipinski definition) is 1. The molecule has 9 nitrogen and oxygen atoms in total. The van der Waals surface area contributed by atoms with E-state index in [0.29, 0.717) is 36.1 Å². The van der Waals surface area contributed by atoms with E-state index in [1.807, 2.05) is 41.0 Å². The summed E-state index contributed by atoms with van der Waals surface area (Å²) in [6, 6.07) is 11.4. The Hall–Kier alpha value is -1.94. The molecule has 1 N–H and O–H groups in total. The quantitative estimate of drug-likeness (QED) is 0.109. The first-order valence-electron chi connectivity index (χ1n) is 15.2. The standard InChI is InChI=1S/C32H37Cl2N3O6S4/c1-4-35-43-47(41,42)14-6-12-37-27-19-25(34)8-10-29(27)45-31(37)17-23-15-22(20-32(2,3)21-23)16-30-36(11-5-13-46(38,39)40)26-18-24(33)7-9-28(26)44-30/h7-10,15-19,35H,4-6,11-14,20-21H2,1-3H3. The fourth-order valence-corrected chi connectivity index (χ4v) is 9.79. The zero-order chi connectivity index (χ0) is 34.0. The summed E-state index contributed by atoms with van der Waals surface area (Å²) in [5, 5.41) is 3.12. The number of nitrogens with zero attached hydrogens (tertiary/aromatic N) is 2. The Morgan fingerprint density at radius 3 is 2.53 bits per heavy atom. The van der Waals surface area contributed by atoms with Crippen LogP contribution in [0.25, 0.3) is 16.3 Å². The molecule has 5 rings (SSSR count). The van der Waals surface area contributed by atoms with Gasteiger partial charge in [0.2, 0.25) is 5.52 Å². The van der Waals surface area contributed by atoms with E-state index in [9.17, 15) is 21.4 Å². The molecule has 2 heterocycles. The zero-order valence-corrected chi connectivity index (χ0v) is 31.1. The lowest BCUT2D eigenvalue weighted by Gasteiger charge is -2.31. The highest BCUT2D eigenvalue weighted by molar-refractivity contribution is 8.03. The molecule has 15 heteroatoms. The predicted molar refractivity (Wildman–Crippen MR) is 191 cm³/mol. The van der Waals surface area contributed by atoms with Crippen LogP contribution in [-0.2, 0) is 31.1 Å². The Labute approximate surface area is 295 Å². The summed E-state index contributed by atoms with van der Waals surface area (Å²) >= 11 is 15.9. The van der Waals surface area contributed by atoms with Crippen molar-refractivity contribution in [1.29, 1.82) is 0 Å². The van der Waals surface area contributed by atoms with Crippen LogP contribution >= 0.6 is 46.3 Å². The van der Waals surface area contributed by atoms with Crippen LogP contribution in [0.2, 0.25) is 10.0 Å². The van der Waals surface area contributed by atoms with E-state index in [1.165, 1.54) is 0 Å². The Bertz CT molecular complexity index is 1970. The summed E-state index contributed by atoms with van der Waals surface area (Å²) in [7, 11) is -8.04. The third-order valence-corrected chi connectivity index (χ3v) is 12.3. The highest BCUT2D eigenvalue weighted by Crippen LogP contribution is 2.49. The van der Waals surface area contributed by atoms with Gasteiger partial charge in [-0.2, -0.15) is 22.7 Å². The molecule has 2 aromatic carbocycles. The van der Waals surface area contributed by atoms with Gasteiger partial charge in [-0.15, -0.1) is 0 Å². The van der Waals surface area contributed by atoms with Crippen LogP contribution in [0, 0.1) is 5.41 Å². The number of hydroxylamine groups is 1. The summed E-state index contributed by atoms with van der Waals surface area (Å²) in [6.45, 7) is 7.43. The van der Waals surface area contributed by atoms with Crippen LogP contribution in [0.3, 0.4) is 0 Å². The van der Waals surface area contributed by atoms with Crippen LogP contribution in [0.15, 0.2) is 69.6 Å². The van der Waals surface area contributed by atoms with E-state index < -0.39 is 26.0 Å². The van der Waals surface area contributed by atoms with E-state index >= 15 is 0 Å². The molecule has 1 aliphatic carbocycles. The third kappa shape index (κ3) is 9.83. The lowest BCUT2D eigenvalue weighted by Crippen LogP contribution is -2.36. The Morgan fingerprint density at radius 2 is 1.79 bits per heavy atom. The number of hydrogen-bond acceptors (Lipinski definition) is 10. The average Bonchev–Trinajstić information content (AvgIpc) is 3.46. The number of allylic oxidation sites excluding steroid dienone is 4. The largest absolute Gasteiger partial charge is 0.748 e. The molecule has 2 aliphatic rings. The van der Waals surface area contributed by atoms with Gasteiger partial charge in [0.05, 0.1) is 26.6 Å². The summed E-state index contributed by atoms with van der Waals surface area (Å²) in [4.78, 5) is 3.16. The van der Waals surface area contributed by atoms with E-state index in [2.05, 4.69) is 42.5 Å². The highest BCUT2D eigenvalue weighted by Gasteiger charge is 2.30. The van der Waals surface area contributed by atoms with Gasteiger partial charge in [-0.05, 0) is 72.2 Å². The molecule has 254 valence electrons. The molecule has 3 aromatic rings. The Kier molecular flexibility index (Phi) is 11.5. The van der Waals surface area contributed by atoms with Crippen molar-refractivity contribution in [3.05, 3.63) is 79.8 Å². The summed E-state index contributed by atoms with van der Waals surface area (Å²) in [6.07, 6.45) is 8.75. The highest BCUT2D eigenvalue weighted by atomic mass is 35.5. The number of thioether (sulfide) groups is 1. The van der Waals surface area contributed by atoms with Crippen LogP contribution < -0.4 is 14.9 Å². The molecule has 47 heavy (non-hydrogen) atoms. The van der Waals surface area contributed by atoms with Crippen LogP contribution in [0.5, 0.6) is 0 Å². The number of aromatic nitrogens is 1. The zero-order valence-electron chi connectivity index (χ0n) is 26.3. The van der Waals surface area contributed by atoms with Crippen molar-refractivity contribution in [1.82, 2.24) is 5.48 Å². The van der Waals surface area contributed by atoms with Gasteiger partial charge in [-0.3, -0.25) is 0 Å². The summed E-state index contributed by atoms with van der Waals surface area (Å²) in [5.41, 5.74) is 6.47. The number of benzene rings is 2. The monoisotopic (exact) mass is 757 g/mol. The van der Waals surface area contributed by atoms with Crippen molar-refractivity contribution in [2.45, 2.75) is 57.9 Å². The Morgan fingerprint density at radius 1 is 1.04 bits per heavy atom. The second kappa shape index (κ2) is 14.9. The number of nitrogens with one attached hydrogen (secondary N) is 1. The first-order chi connectivity index (χ1) is 22.1. The number of halogens is 2. The lowest BCUT2D eigenvalue weighted by molar-refractivity contribution is -0.668. The second-order valence-electron chi connectivity index (χ2n) is 12.3. The average molecular weight is 759 g/mol. The molecule has 0 amide bonds. The van der Waals surface area contributed by atoms with E-state index in [4.69, 9.17) is 27.5 Å². The van der Waals surface area contributed by atoms with E-state index in [0.717, 1.165) is 54.8 Å². The molecule has 0 saturated carbocycles. The molecule has 0 unspecified atom stereocenters. The number of rotatable bonds is 13. The van der Waals surface area contributed by atoms with Gasteiger partial charge >= 0.3 is 0 Å². The minimum absolute atomic E-state index is 0.0452. The summed E-state index contributed by atoms with van der Waals surface area (Å²) in [5.74, 6) is -0.566. The lowest BCUT2D eigenvalue weighted by atomic mass is 9.75. The van der Waals surface area contributed by atoms with Gasteiger partial charge in [0.1, 0.15) is 4.70 Å². The fraction of sp³-hybridized carbons (Fsp3) is 0.406. The maximum atomic E-state index is 12.3. The topological polar surface area (TPSA) is 120 Å². The number of thiazole rings is 1. The van der Waals surface area contributed by atoms with Crippen molar-refractivity contribution in [3.8, 4) is 0 Å². The van der Waals surface area contributed by atoms with E-state index in [-0.39, 0.29) is 17.6 Å². The number of fused-ring (bicyclic) bond motifs is 2. The maximum absolute atomic E-state index is 12.3. The van der Waals surface area contributed by atoms with Crippen molar-refractivity contribution in [3.63, 3.8) is 0 Å². The third-order valence-electron chi connectivity index (χ3n) is 7.62. The molecule has 0 bridgehead atoms. The molecule has 0 atom stereocenters. The fourth-order valence-electron chi connectivity index (χ4n) is 5.82. The minimum Gasteiger partial charge on any atom is -0.748 e. The van der Waals surface area contributed by atoms with Crippen molar-refractivity contribution in [2.24, 2.45) is 5.41 Å². The molecule has 0 spiro atoms. The molecule has 0 saturated heterocycles. The Balaban J connectivity index is 1.47. The van der Waals surface area contributed by atoms with Gasteiger partial charge in [0, 0.05) is 52.3 Å². The molecule has 1 aromatic heterocycles. The van der Waals surface area contributed by atoms with Crippen molar-refractivity contribution < 1.29 is 30.2 Å². The number of anilines is 1. The summed E-state index contributed by atoms with van der Waals surface area (Å²) < 4.78 is 66.5. The van der Waals surface area contributed by atoms with Crippen LogP contribution in [0.1, 0.15) is 51.5 Å². The SMILES string of the molecule is CCNOS(=O)(=O)CCCN1/C(=C/C2=CC(=C/c3sc4ccc(Cl)cc4[n+]3CCCS(=O)(=O)[O-])/CC(C)(C)C2)Sc2ccc(Cl)cc21. The molecular formula is C32H37Cl2N3O6S4. The van der Waals surface area contributed by atoms with Crippen molar-refractivity contribution in [2.75, 3.05) is 29.5 Å². The van der Waals surface area contributed by atoms with Gasteiger partial charge in [0.25, 0.3) is 15.1 Å². The van der Waals surface area contributed by atoms with Gasteiger partial charge in [-0.1, -0.05) is 73.1 Å². The number of aryl methyl sites for hydroxylation is 1. The van der Waals surface area contributed by atoms with Gasteiger partial charge < -0.3 is 9.45 Å². The van der Waals surface area contributed by atoms with Gasteiger partial charge in [-0.25, -0.2) is 8.42 Å². The maximum Gasteiger partial charge on any atom is 0.283 e. The minimum atomic E-state index is -4.33. The van der Waals surface area contributed by atoms with Crippen molar-refractivity contribution >= 4 is 88.5 Å². The first kappa shape index (κ1) is 36.3. The second-order valence-corrected chi connectivity index (χ2v) is 18.5. The van der Waals surface area contributed by atoms with Crippen LogP contribution in [-0.4, -0.2) is 46.0 Å². The van der Waals surface area contributed by atoms with Gasteiger partial charge in [0.15, 0.2) is 6.54 Å². The molecular weight excluding hydrogens is 722 g/mol. The predicted octanol–water partition coefficient (Wildman–Crippen LogP) is 7.28. The first-order valence-corrected chi connectivity index (χ1v) is 20.7. The normalized spacial score (nSPS) is 18.3. The van der Waals surface area contributed by atoms with Crippen LogP contribution in [0.4, 0.5) is 5.69 Å². The molecule has 0 radical (unpaired) electrons. The molecule has 1 aliphatic heterocycles. The molecule has 0 fully saturated rings. The van der Waals surface area contributed by atoms with E-state index in [1.54, 1.807) is 30.0 Å².